The van der Waals surface area contributed by atoms with Crippen molar-refractivity contribution in [2.75, 3.05) is 13.1 Å². The Hall–Kier alpha value is -2.55. The summed E-state index contributed by atoms with van der Waals surface area (Å²) in [5, 5.41) is 12.3. The molecule has 0 spiro atoms. The molecule has 6 nitrogen and oxygen atoms in total. The fourth-order valence-electron chi connectivity index (χ4n) is 2.22. The van der Waals surface area contributed by atoms with Crippen LogP contribution in [0.3, 0.4) is 0 Å². The van der Waals surface area contributed by atoms with Crippen LogP contribution in [0.4, 0.5) is 0 Å². The number of rotatable bonds is 4. The lowest BCUT2D eigenvalue weighted by molar-refractivity contribution is 0.0730. The van der Waals surface area contributed by atoms with E-state index in [4.69, 9.17) is 9.68 Å². The molecule has 1 aromatic heterocycles. The summed E-state index contributed by atoms with van der Waals surface area (Å²) in [5.74, 6) is -0.263. The van der Waals surface area contributed by atoms with Crippen molar-refractivity contribution in [2.24, 2.45) is 0 Å². The van der Waals surface area contributed by atoms with Crippen molar-refractivity contribution >= 4 is 5.91 Å². The number of hydrogen-bond donors (Lipinski definition) is 1. The summed E-state index contributed by atoms with van der Waals surface area (Å²) in [7, 11) is 0. The highest BCUT2D eigenvalue weighted by atomic mass is 16.3. The van der Waals surface area contributed by atoms with Crippen LogP contribution in [0.5, 0.6) is 0 Å². The fourth-order valence-corrected chi connectivity index (χ4v) is 2.22. The third-order valence-electron chi connectivity index (χ3n) is 3.78. The van der Waals surface area contributed by atoms with Gasteiger partial charge in [-0.3, -0.25) is 4.79 Å². The van der Waals surface area contributed by atoms with Gasteiger partial charge in [0.25, 0.3) is 5.91 Å². The van der Waals surface area contributed by atoms with E-state index in [-0.39, 0.29) is 17.4 Å². The molecule has 0 saturated heterocycles. The molecule has 6 heteroatoms. The van der Waals surface area contributed by atoms with Gasteiger partial charge < -0.3 is 14.6 Å². The first-order valence-corrected chi connectivity index (χ1v) is 7.30. The fraction of sp³-hybridized carbons (Fsp3) is 0.438. The number of hydrogen-bond acceptors (Lipinski definition) is 5. The Labute approximate surface area is 130 Å². The highest BCUT2D eigenvalue weighted by molar-refractivity contribution is 5.93. The molecule has 1 N–H and O–H groups in total. The van der Waals surface area contributed by atoms with E-state index in [0.29, 0.717) is 13.1 Å². The van der Waals surface area contributed by atoms with Crippen LogP contribution in [0.15, 0.2) is 33.9 Å². The van der Waals surface area contributed by atoms with Crippen LogP contribution in [0.1, 0.15) is 49.9 Å². The van der Waals surface area contributed by atoms with Gasteiger partial charge in [0, 0.05) is 25.2 Å². The van der Waals surface area contributed by atoms with Gasteiger partial charge in [0.2, 0.25) is 5.76 Å². The predicted octanol–water partition coefficient (Wildman–Crippen LogP) is 2.57. The van der Waals surface area contributed by atoms with E-state index in [9.17, 15) is 4.79 Å². The lowest BCUT2D eigenvalue weighted by Crippen LogP contribution is -2.38. The third-order valence-corrected chi connectivity index (χ3v) is 3.78. The quantitative estimate of drug-likeness (QED) is 0.924. The molecule has 0 aliphatic carbocycles. The summed E-state index contributed by atoms with van der Waals surface area (Å²) >= 11 is 0. The second-order valence-electron chi connectivity index (χ2n) is 5.37. The Morgan fingerprint density at radius 1 is 1.64 bits per heavy atom. The lowest BCUT2D eigenvalue weighted by atomic mass is 10.1. The predicted molar refractivity (Wildman–Crippen MR) is 81.6 cm³/mol. The van der Waals surface area contributed by atoms with Crippen molar-refractivity contribution in [3.05, 3.63) is 40.9 Å². The number of nitriles is 1. The van der Waals surface area contributed by atoms with Gasteiger partial charge in [0.15, 0.2) is 12.1 Å². The summed E-state index contributed by atoms with van der Waals surface area (Å²) in [6, 6.07) is 1.87. The van der Waals surface area contributed by atoms with Gasteiger partial charge in [-0.1, -0.05) is 12.5 Å². The van der Waals surface area contributed by atoms with Crippen LogP contribution in [-0.4, -0.2) is 28.9 Å². The number of amides is 1. The van der Waals surface area contributed by atoms with Gasteiger partial charge in [-0.15, -0.1) is 0 Å². The molecule has 0 radical (unpaired) electrons. The van der Waals surface area contributed by atoms with Gasteiger partial charge in [0.1, 0.15) is 6.07 Å². The van der Waals surface area contributed by atoms with Crippen molar-refractivity contribution < 1.29 is 9.21 Å². The first-order chi connectivity index (χ1) is 10.6. The third kappa shape index (κ3) is 3.37. The Morgan fingerprint density at radius 3 is 3.05 bits per heavy atom. The zero-order chi connectivity index (χ0) is 16.1. The molecule has 0 fully saturated rings. The normalized spacial score (nSPS) is 15.7. The topological polar surface area (TPSA) is 82.2 Å². The second-order valence-corrected chi connectivity index (χ2v) is 5.37. The average molecular weight is 300 g/mol. The standard InChI is InChI=1S/C16H20N4O2/c1-4-11(2)8-18-13-5-6-20(9-12(13)3)16(21)15-14(7-17)19-10-22-15/h8,10,18H,4-6,9H2,1-3H3. The van der Waals surface area contributed by atoms with Crippen molar-refractivity contribution in [3.63, 3.8) is 0 Å². The molecule has 0 unspecified atom stereocenters. The van der Waals surface area contributed by atoms with Crippen LogP contribution in [0.2, 0.25) is 0 Å². The largest absolute Gasteiger partial charge is 0.437 e. The molecular weight excluding hydrogens is 280 g/mol. The first-order valence-electron chi connectivity index (χ1n) is 7.30. The highest BCUT2D eigenvalue weighted by Crippen LogP contribution is 2.19. The minimum atomic E-state index is -0.285. The number of aromatic nitrogens is 1. The van der Waals surface area contributed by atoms with Crippen LogP contribution < -0.4 is 5.32 Å². The van der Waals surface area contributed by atoms with E-state index in [1.54, 1.807) is 4.90 Å². The minimum Gasteiger partial charge on any atom is -0.437 e. The number of allylic oxidation sites excluding steroid dienone is 1. The molecule has 1 aromatic rings. The Kier molecular flexibility index (Phi) is 4.99. The van der Waals surface area contributed by atoms with Gasteiger partial charge in [-0.05, 0) is 32.0 Å². The molecule has 0 saturated carbocycles. The maximum Gasteiger partial charge on any atom is 0.293 e. The molecule has 1 amide bonds. The van der Waals surface area contributed by atoms with E-state index in [1.165, 1.54) is 5.57 Å². The molecule has 116 valence electrons. The van der Waals surface area contributed by atoms with E-state index >= 15 is 0 Å². The maximum absolute atomic E-state index is 12.4. The summed E-state index contributed by atoms with van der Waals surface area (Å²) in [4.78, 5) is 17.8. The smallest absolute Gasteiger partial charge is 0.293 e. The van der Waals surface area contributed by atoms with E-state index in [0.717, 1.165) is 30.5 Å². The summed E-state index contributed by atoms with van der Waals surface area (Å²) in [6.07, 6.45) is 4.90. The van der Waals surface area contributed by atoms with Gasteiger partial charge >= 0.3 is 0 Å². The Bertz CT molecular complexity index is 664. The van der Waals surface area contributed by atoms with E-state index in [1.807, 2.05) is 19.2 Å². The molecule has 0 bridgehead atoms. The van der Waals surface area contributed by atoms with Crippen molar-refractivity contribution in [1.29, 1.82) is 5.26 Å². The van der Waals surface area contributed by atoms with Gasteiger partial charge in [0.05, 0.1) is 0 Å². The van der Waals surface area contributed by atoms with Crippen molar-refractivity contribution in [3.8, 4) is 6.07 Å². The van der Waals surface area contributed by atoms with Crippen molar-refractivity contribution in [1.82, 2.24) is 15.2 Å². The van der Waals surface area contributed by atoms with Gasteiger partial charge in [-0.25, -0.2) is 4.98 Å². The number of nitrogens with zero attached hydrogens (tertiary/aromatic N) is 3. The zero-order valence-corrected chi connectivity index (χ0v) is 13.1. The number of carbonyl (C=O) groups is 1. The molecular formula is C16H20N4O2. The number of carbonyl (C=O) groups excluding carboxylic acids is 1. The molecule has 2 rings (SSSR count). The molecule has 22 heavy (non-hydrogen) atoms. The molecule has 0 atom stereocenters. The Morgan fingerprint density at radius 2 is 2.41 bits per heavy atom. The number of oxazole rings is 1. The first kappa shape index (κ1) is 15.8. The van der Waals surface area contributed by atoms with Crippen LogP contribution >= 0.6 is 0 Å². The number of nitrogens with one attached hydrogen (secondary N) is 1. The van der Waals surface area contributed by atoms with Crippen LogP contribution in [0.25, 0.3) is 0 Å². The maximum atomic E-state index is 12.4. The monoisotopic (exact) mass is 300 g/mol. The van der Waals surface area contributed by atoms with E-state index in [2.05, 4.69) is 24.1 Å². The molecule has 1 aliphatic heterocycles. The van der Waals surface area contributed by atoms with Crippen LogP contribution in [-0.2, 0) is 0 Å². The second kappa shape index (κ2) is 6.94. The molecule has 0 aromatic carbocycles. The average Bonchev–Trinajstić information content (AvgIpc) is 3.01. The minimum absolute atomic E-state index is 0.0217. The van der Waals surface area contributed by atoms with Crippen LogP contribution in [0, 0.1) is 11.3 Å². The lowest BCUT2D eigenvalue weighted by Gasteiger charge is -2.29. The Balaban J connectivity index is 2.08. The molecule has 2 heterocycles. The van der Waals surface area contributed by atoms with Gasteiger partial charge in [-0.2, -0.15) is 5.26 Å². The summed E-state index contributed by atoms with van der Waals surface area (Å²) in [6.45, 7) is 7.30. The SMILES string of the molecule is CCC(C)=CNC1=C(C)CN(C(=O)c2ocnc2C#N)CC1. The van der Waals surface area contributed by atoms with Crippen molar-refractivity contribution in [2.45, 2.75) is 33.6 Å². The summed E-state index contributed by atoms with van der Waals surface area (Å²) in [5.41, 5.74) is 3.57. The van der Waals surface area contributed by atoms with E-state index < -0.39 is 0 Å². The highest BCUT2D eigenvalue weighted by Gasteiger charge is 2.26. The zero-order valence-electron chi connectivity index (χ0n) is 13.1. The summed E-state index contributed by atoms with van der Waals surface area (Å²) < 4.78 is 5.06. The molecule has 1 aliphatic rings.